The van der Waals surface area contributed by atoms with Gasteiger partial charge in [-0.2, -0.15) is 13.2 Å². The Balaban J connectivity index is 2.65. The first-order chi connectivity index (χ1) is 9.32. The van der Waals surface area contributed by atoms with Crippen LogP contribution in [0.15, 0.2) is 36.4 Å². The number of carbonyl (C=O) groups is 1. The van der Waals surface area contributed by atoms with Gasteiger partial charge in [-0.25, -0.2) is 4.39 Å². The van der Waals surface area contributed by atoms with Crippen LogP contribution in [0.4, 0.5) is 17.6 Å². The van der Waals surface area contributed by atoms with Crippen molar-refractivity contribution in [2.45, 2.75) is 6.18 Å². The van der Waals surface area contributed by atoms with E-state index in [1.54, 1.807) is 0 Å². The van der Waals surface area contributed by atoms with E-state index in [0.29, 0.717) is 18.4 Å². The van der Waals surface area contributed by atoms with Crippen LogP contribution in [0.2, 0.25) is 5.02 Å². The predicted molar refractivity (Wildman–Crippen MR) is 67.2 cm³/mol. The number of halogens is 5. The molecule has 0 N–H and O–H groups in total. The minimum Gasteiger partial charge on any atom is -0.298 e. The van der Waals surface area contributed by atoms with Crippen molar-refractivity contribution in [3.8, 4) is 11.1 Å². The lowest BCUT2D eigenvalue weighted by molar-refractivity contribution is -0.139. The van der Waals surface area contributed by atoms with Gasteiger partial charge < -0.3 is 0 Å². The van der Waals surface area contributed by atoms with Crippen LogP contribution in [0.5, 0.6) is 0 Å². The number of benzene rings is 2. The molecule has 2 aromatic rings. The molecular weight excluding hydrogens is 296 g/mol. The molecule has 0 aliphatic carbocycles. The van der Waals surface area contributed by atoms with Crippen LogP contribution >= 0.6 is 11.6 Å². The minimum atomic E-state index is -4.81. The molecule has 0 amide bonds. The van der Waals surface area contributed by atoms with E-state index < -0.39 is 17.6 Å². The zero-order chi connectivity index (χ0) is 14.9. The quantitative estimate of drug-likeness (QED) is 0.565. The second-order valence-electron chi connectivity index (χ2n) is 4.04. The zero-order valence-corrected chi connectivity index (χ0v) is 10.6. The van der Waals surface area contributed by atoms with Crippen molar-refractivity contribution < 1.29 is 22.4 Å². The van der Waals surface area contributed by atoms with Gasteiger partial charge >= 0.3 is 6.18 Å². The van der Waals surface area contributed by atoms with E-state index in [1.165, 1.54) is 24.3 Å². The van der Waals surface area contributed by atoms with E-state index in [9.17, 15) is 22.4 Å². The van der Waals surface area contributed by atoms with Gasteiger partial charge in [0.05, 0.1) is 5.56 Å². The summed E-state index contributed by atoms with van der Waals surface area (Å²) in [6.45, 7) is 0. The van der Waals surface area contributed by atoms with Gasteiger partial charge in [0.25, 0.3) is 0 Å². The molecule has 0 spiro atoms. The summed E-state index contributed by atoms with van der Waals surface area (Å²) in [5.74, 6) is -1.36. The van der Waals surface area contributed by atoms with Gasteiger partial charge in [-0.3, -0.25) is 4.79 Å². The van der Waals surface area contributed by atoms with E-state index in [0.717, 1.165) is 0 Å². The molecule has 0 saturated heterocycles. The maximum Gasteiger partial charge on any atom is 0.419 e. The Morgan fingerprint density at radius 2 is 1.75 bits per heavy atom. The molecule has 20 heavy (non-hydrogen) atoms. The van der Waals surface area contributed by atoms with Crippen molar-refractivity contribution in [3.05, 3.63) is 58.4 Å². The smallest absolute Gasteiger partial charge is 0.298 e. The molecule has 0 radical (unpaired) electrons. The lowest BCUT2D eigenvalue weighted by Gasteiger charge is -2.11. The fraction of sp³-hybridized carbons (Fsp3) is 0.0714. The molecule has 1 nitrogen and oxygen atoms in total. The van der Waals surface area contributed by atoms with Crippen molar-refractivity contribution in [1.29, 1.82) is 0 Å². The Bertz CT molecular complexity index is 665. The van der Waals surface area contributed by atoms with Gasteiger partial charge in [-0.1, -0.05) is 17.7 Å². The Labute approximate surface area is 116 Å². The first kappa shape index (κ1) is 14.5. The van der Waals surface area contributed by atoms with Crippen molar-refractivity contribution in [2.24, 2.45) is 0 Å². The largest absolute Gasteiger partial charge is 0.419 e. The van der Waals surface area contributed by atoms with Gasteiger partial charge in [0.15, 0.2) is 6.29 Å². The van der Waals surface area contributed by atoms with Gasteiger partial charge in [-0.05, 0) is 41.5 Å². The monoisotopic (exact) mass is 302 g/mol. The fourth-order valence-electron chi connectivity index (χ4n) is 1.79. The van der Waals surface area contributed by atoms with E-state index in [-0.39, 0.29) is 21.7 Å². The van der Waals surface area contributed by atoms with Crippen molar-refractivity contribution in [1.82, 2.24) is 0 Å². The lowest BCUT2D eigenvalue weighted by atomic mass is 9.98. The third-order valence-electron chi connectivity index (χ3n) is 2.73. The molecule has 0 aliphatic heterocycles. The minimum absolute atomic E-state index is 0.0725. The van der Waals surface area contributed by atoms with E-state index >= 15 is 0 Å². The Morgan fingerprint density at radius 3 is 2.35 bits per heavy atom. The zero-order valence-electron chi connectivity index (χ0n) is 9.84. The van der Waals surface area contributed by atoms with E-state index in [1.807, 2.05) is 0 Å². The fourth-order valence-corrected chi connectivity index (χ4v) is 1.96. The summed E-state index contributed by atoms with van der Waals surface area (Å²) in [7, 11) is 0. The summed E-state index contributed by atoms with van der Waals surface area (Å²) >= 11 is 5.77. The van der Waals surface area contributed by atoms with Crippen LogP contribution in [0.25, 0.3) is 11.1 Å². The third-order valence-corrected chi connectivity index (χ3v) is 2.96. The van der Waals surface area contributed by atoms with Crippen molar-refractivity contribution >= 4 is 17.9 Å². The van der Waals surface area contributed by atoms with Crippen LogP contribution in [-0.4, -0.2) is 6.29 Å². The first-order valence-corrected chi connectivity index (χ1v) is 5.82. The van der Waals surface area contributed by atoms with Crippen LogP contribution < -0.4 is 0 Å². The standard InChI is InChI=1S/C14H7ClF4O/c15-10-3-1-9(7-20)11(6-10)8-2-4-13(16)12(5-8)14(17,18)19/h1-7H. The summed E-state index contributed by atoms with van der Waals surface area (Å²) in [5.41, 5.74) is -0.915. The lowest BCUT2D eigenvalue weighted by Crippen LogP contribution is -2.08. The van der Waals surface area contributed by atoms with Crippen LogP contribution in [-0.2, 0) is 6.18 Å². The normalized spacial score (nSPS) is 11.4. The predicted octanol–water partition coefficient (Wildman–Crippen LogP) is 4.98. The number of rotatable bonds is 2. The highest BCUT2D eigenvalue weighted by atomic mass is 35.5. The highest BCUT2D eigenvalue weighted by Crippen LogP contribution is 2.35. The number of hydrogen-bond donors (Lipinski definition) is 0. The molecule has 0 fully saturated rings. The highest BCUT2D eigenvalue weighted by molar-refractivity contribution is 6.31. The summed E-state index contributed by atoms with van der Waals surface area (Å²) in [6, 6.07) is 6.74. The van der Waals surface area contributed by atoms with E-state index in [2.05, 4.69) is 0 Å². The third kappa shape index (κ3) is 2.82. The summed E-state index contributed by atoms with van der Waals surface area (Å²) < 4.78 is 51.2. The number of alkyl halides is 3. The van der Waals surface area contributed by atoms with Gasteiger partial charge in [0.2, 0.25) is 0 Å². The average molecular weight is 303 g/mol. The maximum atomic E-state index is 13.2. The molecular formula is C14H7ClF4O. The number of hydrogen-bond acceptors (Lipinski definition) is 1. The van der Waals surface area contributed by atoms with Crippen LogP contribution in [0.3, 0.4) is 0 Å². The van der Waals surface area contributed by atoms with Crippen molar-refractivity contribution in [2.75, 3.05) is 0 Å². The van der Waals surface area contributed by atoms with Gasteiger partial charge in [-0.15, -0.1) is 0 Å². The molecule has 6 heteroatoms. The number of carbonyl (C=O) groups excluding carboxylic acids is 1. The van der Waals surface area contributed by atoms with Gasteiger partial charge in [0.1, 0.15) is 5.82 Å². The van der Waals surface area contributed by atoms with Crippen LogP contribution in [0.1, 0.15) is 15.9 Å². The second-order valence-corrected chi connectivity index (χ2v) is 4.48. The SMILES string of the molecule is O=Cc1ccc(Cl)cc1-c1ccc(F)c(C(F)(F)F)c1. The second kappa shape index (κ2) is 5.25. The molecule has 0 heterocycles. The molecule has 0 saturated carbocycles. The molecule has 0 bridgehead atoms. The summed E-state index contributed by atoms with van der Waals surface area (Å²) in [5, 5.41) is 0.267. The molecule has 0 unspecified atom stereocenters. The molecule has 0 aliphatic rings. The highest BCUT2D eigenvalue weighted by Gasteiger charge is 2.34. The topological polar surface area (TPSA) is 17.1 Å². The molecule has 0 aromatic heterocycles. The maximum absolute atomic E-state index is 13.2. The van der Waals surface area contributed by atoms with Crippen LogP contribution in [0, 0.1) is 5.82 Å². The van der Waals surface area contributed by atoms with E-state index in [4.69, 9.17) is 11.6 Å². The summed E-state index contributed by atoms with van der Waals surface area (Å²) in [4.78, 5) is 10.9. The summed E-state index contributed by atoms with van der Waals surface area (Å²) in [6.07, 6.45) is -4.30. The van der Waals surface area contributed by atoms with Gasteiger partial charge in [0, 0.05) is 10.6 Å². The molecule has 2 aromatic carbocycles. The average Bonchev–Trinajstić information content (AvgIpc) is 2.38. The molecule has 104 valence electrons. The van der Waals surface area contributed by atoms with Crippen molar-refractivity contribution in [3.63, 3.8) is 0 Å². The first-order valence-electron chi connectivity index (χ1n) is 5.45. The Kier molecular flexibility index (Phi) is 3.81. The number of aldehydes is 1. The Morgan fingerprint density at radius 1 is 1.05 bits per heavy atom. The molecule has 0 atom stereocenters. The molecule has 2 rings (SSSR count). The Hall–Kier alpha value is -1.88.